The van der Waals surface area contributed by atoms with Gasteiger partial charge in [0.25, 0.3) is 0 Å². The minimum atomic E-state index is -0.287. The smallest absolute Gasteiger partial charge is 0.409 e. The molecule has 0 aliphatic carbocycles. The first-order chi connectivity index (χ1) is 10.6. The number of hydrogen-bond acceptors (Lipinski definition) is 3. The number of nitrogens with zero attached hydrogens (tertiary/aromatic N) is 2. The van der Waals surface area contributed by atoms with E-state index in [4.69, 9.17) is 4.74 Å². The maximum atomic E-state index is 13.6. The van der Waals surface area contributed by atoms with Gasteiger partial charge < -0.3 is 9.64 Å². The van der Waals surface area contributed by atoms with E-state index < -0.39 is 0 Å². The van der Waals surface area contributed by atoms with Crippen LogP contribution in [-0.2, 0) is 4.74 Å². The van der Waals surface area contributed by atoms with Crippen molar-refractivity contribution in [1.29, 1.82) is 0 Å². The summed E-state index contributed by atoms with van der Waals surface area (Å²) in [6.07, 6.45) is -0.255. The van der Waals surface area contributed by atoms with Gasteiger partial charge in [-0.05, 0) is 31.5 Å². The normalized spacial score (nSPS) is 15.1. The Morgan fingerprint density at radius 1 is 1.32 bits per heavy atom. The Balaban J connectivity index is 1.84. The van der Waals surface area contributed by atoms with Gasteiger partial charge in [0.2, 0.25) is 0 Å². The summed E-state index contributed by atoms with van der Waals surface area (Å²) < 4.78 is 18.6. The van der Waals surface area contributed by atoms with Gasteiger partial charge >= 0.3 is 6.09 Å². The lowest BCUT2D eigenvalue weighted by molar-refractivity contribution is 0.0829. The molecule has 2 rings (SSSR count). The van der Waals surface area contributed by atoms with Gasteiger partial charge in [0, 0.05) is 26.2 Å². The van der Waals surface area contributed by atoms with Gasteiger partial charge in [-0.25, -0.2) is 9.18 Å². The van der Waals surface area contributed by atoms with Crippen LogP contribution in [0.3, 0.4) is 0 Å². The van der Waals surface area contributed by atoms with Crippen LogP contribution < -0.4 is 0 Å². The third-order valence-corrected chi connectivity index (χ3v) is 3.55. The number of halogens is 1. The number of carbonyl (C=O) groups is 1. The SMILES string of the molecule is CCOC(=O)N1CCN(CC#Cc2cc(C)ccc2F)CC1. The molecular formula is C17H21FN2O2. The van der Waals surface area contributed by atoms with E-state index in [-0.39, 0.29) is 11.9 Å². The Morgan fingerprint density at radius 3 is 2.73 bits per heavy atom. The van der Waals surface area contributed by atoms with E-state index in [2.05, 4.69) is 16.7 Å². The number of ether oxygens (including phenoxy) is 1. The average molecular weight is 304 g/mol. The number of aryl methyl sites for hydroxylation is 1. The molecule has 1 aliphatic heterocycles. The Bertz CT molecular complexity index is 584. The van der Waals surface area contributed by atoms with Gasteiger partial charge in [-0.2, -0.15) is 0 Å². The highest BCUT2D eigenvalue weighted by molar-refractivity contribution is 5.67. The molecule has 1 heterocycles. The van der Waals surface area contributed by atoms with Gasteiger partial charge in [0.1, 0.15) is 5.82 Å². The van der Waals surface area contributed by atoms with Gasteiger partial charge in [-0.15, -0.1) is 0 Å². The molecule has 1 amide bonds. The van der Waals surface area contributed by atoms with E-state index in [0.717, 1.165) is 18.7 Å². The topological polar surface area (TPSA) is 32.8 Å². The van der Waals surface area contributed by atoms with Gasteiger partial charge in [-0.3, -0.25) is 4.90 Å². The van der Waals surface area contributed by atoms with Gasteiger partial charge in [0.05, 0.1) is 18.7 Å². The van der Waals surface area contributed by atoms with Crippen LogP contribution in [0.1, 0.15) is 18.1 Å². The van der Waals surface area contributed by atoms with Crippen molar-refractivity contribution in [1.82, 2.24) is 9.80 Å². The average Bonchev–Trinajstić information content (AvgIpc) is 2.51. The van der Waals surface area contributed by atoms with E-state index in [1.165, 1.54) is 6.07 Å². The van der Waals surface area contributed by atoms with Crippen LogP contribution in [0.25, 0.3) is 0 Å². The van der Waals surface area contributed by atoms with Crippen molar-refractivity contribution in [2.75, 3.05) is 39.3 Å². The van der Waals surface area contributed by atoms with Crippen LogP contribution in [0.5, 0.6) is 0 Å². The Labute approximate surface area is 130 Å². The molecule has 0 unspecified atom stereocenters. The molecule has 1 fully saturated rings. The summed E-state index contributed by atoms with van der Waals surface area (Å²) >= 11 is 0. The second kappa shape index (κ2) is 7.81. The lowest BCUT2D eigenvalue weighted by atomic mass is 10.1. The molecule has 22 heavy (non-hydrogen) atoms. The fourth-order valence-electron chi connectivity index (χ4n) is 2.28. The van der Waals surface area contributed by atoms with Crippen molar-refractivity contribution in [2.45, 2.75) is 13.8 Å². The molecule has 1 aromatic rings. The number of carbonyl (C=O) groups excluding carboxylic acids is 1. The van der Waals surface area contributed by atoms with Gasteiger partial charge in [-0.1, -0.05) is 17.9 Å². The molecule has 0 bridgehead atoms. The van der Waals surface area contributed by atoms with E-state index in [1.807, 2.05) is 6.92 Å². The molecule has 0 spiro atoms. The summed E-state index contributed by atoms with van der Waals surface area (Å²) in [6.45, 7) is 7.47. The second-order valence-corrected chi connectivity index (χ2v) is 5.25. The molecule has 1 aromatic carbocycles. The van der Waals surface area contributed by atoms with Crippen LogP contribution in [0.15, 0.2) is 18.2 Å². The summed E-state index contributed by atoms with van der Waals surface area (Å²) in [6, 6.07) is 4.92. The van der Waals surface area contributed by atoms with Crippen molar-refractivity contribution >= 4 is 6.09 Å². The first-order valence-corrected chi connectivity index (χ1v) is 7.49. The van der Waals surface area contributed by atoms with Crippen LogP contribution in [0.4, 0.5) is 9.18 Å². The Kier molecular flexibility index (Phi) is 5.79. The number of hydrogen-bond donors (Lipinski definition) is 0. The first-order valence-electron chi connectivity index (χ1n) is 7.49. The standard InChI is InChI=1S/C17H21FN2O2/c1-3-22-17(21)20-11-9-19(10-12-20)8-4-5-15-13-14(2)6-7-16(15)18/h6-7,13H,3,8-12H2,1-2H3. The van der Waals surface area contributed by atoms with E-state index >= 15 is 0 Å². The molecule has 4 nitrogen and oxygen atoms in total. The summed E-state index contributed by atoms with van der Waals surface area (Å²) in [7, 11) is 0. The summed E-state index contributed by atoms with van der Waals surface area (Å²) in [5.74, 6) is 5.61. The lowest BCUT2D eigenvalue weighted by Gasteiger charge is -2.32. The quantitative estimate of drug-likeness (QED) is 0.786. The highest BCUT2D eigenvalue weighted by Gasteiger charge is 2.20. The second-order valence-electron chi connectivity index (χ2n) is 5.25. The molecule has 0 atom stereocenters. The zero-order valence-electron chi connectivity index (χ0n) is 13.1. The van der Waals surface area contributed by atoms with Crippen molar-refractivity contribution < 1.29 is 13.9 Å². The summed E-state index contributed by atoms with van der Waals surface area (Å²) in [4.78, 5) is 15.4. The first kappa shape index (κ1) is 16.3. The number of rotatable bonds is 2. The molecule has 118 valence electrons. The predicted molar refractivity (Wildman–Crippen MR) is 83.1 cm³/mol. The minimum Gasteiger partial charge on any atom is -0.450 e. The zero-order valence-corrected chi connectivity index (χ0v) is 13.1. The minimum absolute atomic E-state index is 0.255. The van der Waals surface area contributed by atoms with Crippen molar-refractivity contribution in [2.24, 2.45) is 0 Å². The zero-order chi connectivity index (χ0) is 15.9. The van der Waals surface area contributed by atoms with Crippen LogP contribution in [0.2, 0.25) is 0 Å². The molecule has 1 aliphatic rings. The molecule has 5 heteroatoms. The molecule has 0 saturated carbocycles. The monoisotopic (exact) mass is 304 g/mol. The third kappa shape index (κ3) is 4.47. The summed E-state index contributed by atoms with van der Waals surface area (Å²) in [5.41, 5.74) is 1.43. The van der Waals surface area contributed by atoms with E-state index in [0.29, 0.717) is 31.8 Å². The van der Waals surface area contributed by atoms with Gasteiger partial charge in [0.15, 0.2) is 0 Å². The highest BCUT2D eigenvalue weighted by atomic mass is 19.1. The molecule has 0 N–H and O–H groups in total. The Hall–Kier alpha value is -2.06. The summed E-state index contributed by atoms with van der Waals surface area (Å²) in [5, 5.41) is 0. The predicted octanol–water partition coefficient (Wildman–Crippen LogP) is 2.26. The van der Waals surface area contributed by atoms with Crippen LogP contribution in [-0.4, -0.2) is 55.2 Å². The largest absolute Gasteiger partial charge is 0.450 e. The molecule has 0 radical (unpaired) electrons. The van der Waals surface area contributed by atoms with Crippen molar-refractivity contribution in [3.05, 3.63) is 35.1 Å². The highest BCUT2D eigenvalue weighted by Crippen LogP contribution is 2.08. The molecule has 1 saturated heterocycles. The maximum absolute atomic E-state index is 13.6. The lowest BCUT2D eigenvalue weighted by Crippen LogP contribution is -2.48. The third-order valence-electron chi connectivity index (χ3n) is 3.55. The van der Waals surface area contributed by atoms with Crippen LogP contribution in [0, 0.1) is 24.6 Å². The van der Waals surface area contributed by atoms with Crippen molar-refractivity contribution in [3.8, 4) is 11.8 Å². The van der Waals surface area contributed by atoms with Crippen molar-refractivity contribution in [3.63, 3.8) is 0 Å². The van der Waals surface area contributed by atoms with E-state index in [9.17, 15) is 9.18 Å². The number of amides is 1. The number of benzene rings is 1. The van der Waals surface area contributed by atoms with E-state index in [1.54, 1.807) is 24.0 Å². The van der Waals surface area contributed by atoms with Crippen LogP contribution >= 0.6 is 0 Å². The fraction of sp³-hybridized carbons (Fsp3) is 0.471. The number of piperazine rings is 1. The molecule has 0 aromatic heterocycles. The molecular weight excluding hydrogens is 283 g/mol. The Morgan fingerprint density at radius 2 is 2.05 bits per heavy atom. The fourth-order valence-corrected chi connectivity index (χ4v) is 2.28. The maximum Gasteiger partial charge on any atom is 0.409 e.